The lowest BCUT2D eigenvalue weighted by Gasteiger charge is -2.19. The lowest BCUT2D eigenvalue weighted by atomic mass is 10.1. The number of hydrogen-bond acceptors (Lipinski definition) is 16. The quantitative estimate of drug-likeness (QED) is 0.0697. The normalized spacial score (nSPS) is 11.1. The van der Waals surface area contributed by atoms with E-state index < -0.39 is 49.6 Å². The van der Waals surface area contributed by atoms with E-state index in [0.29, 0.717) is 20.4 Å². The molecule has 0 radical (unpaired) electrons. The minimum Gasteiger partial charge on any atom is -0.478 e. The summed E-state index contributed by atoms with van der Waals surface area (Å²) in [6.45, 7) is 15.2. The van der Waals surface area contributed by atoms with Crippen LogP contribution in [-0.4, -0.2) is 63.8 Å². The van der Waals surface area contributed by atoms with E-state index in [9.17, 15) is 36.0 Å². The second kappa shape index (κ2) is 29.5. The number of carbonyl (C=O) groups excluding carboxylic acids is 2. The summed E-state index contributed by atoms with van der Waals surface area (Å²) >= 11 is 7.32. The zero-order valence-corrected chi connectivity index (χ0v) is 56.5. The highest BCUT2D eigenvalue weighted by molar-refractivity contribution is 7.93. The molecular weight excluding hydrogens is 1300 g/mol. The number of thiophene rings is 5. The molecule has 0 fully saturated rings. The van der Waals surface area contributed by atoms with Gasteiger partial charge in [-0.3, -0.25) is 14.8 Å². The van der Waals surface area contributed by atoms with Crippen molar-refractivity contribution in [2.75, 3.05) is 27.6 Å². The van der Waals surface area contributed by atoms with Crippen molar-refractivity contribution in [2.45, 2.75) is 70.8 Å². The minimum atomic E-state index is -3.76. The molecule has 1 amide bonds. The van der Waals surface area contributed by atoms with Crippen LogP contribution in [0, 0.1) is 34.6 Å². The highest BCUT2D eigenvalue weighted by atomic mass is 35.5. The summed E-state index contributed by atoms with van der Waals surface area (Å²) in [6.07, 6.45) is -0.405. The van der Waals surface area contributed by atoms with Crippen molar-refractivity contribution in [3.05, 3.63) is 214 Å². The molecule has 0 saturated heterocycles. The number of sulfonamides is 2. The Morgan fingerprint density at radius 1 is 0.444 bits per heavy atom. The Morgan fingerprint density at radius 3 is 1.12 bits per heavy atom. The lowest BCUT2D eigenvalue weighted by molar-refractivity contribution is 0.0597. The Labute approximate surface area is 547 Å². The standard InChI is InChI=1S/C17H15NO4S2.C16H13NO4S2.C14H17NO2S.C10H8O2S.C9H9NS.ClH/c1-11-14-5-3-4-6-15(14)23-16(11)18-24(20,21)13-9-7-12(8-10-13)17(19)22-2;1-10-13-4-2-3-5-14(13)22-15(10)17-23(20,21)12-8-6-11(7-9-12)16(18)19;1-9-10-7-5-6-8-11(10)18-12(9)15-13(16)17-14(2,3)4;1-6-7-4-2-3-5-8(7)13-9(6)10(11)12;1-6-7-4-2-3-5-8(7)11-9(6)10;/h3-10,18H,1-2H3;2-9,17H,1H3,(H,18,19);5-8H,1-4H3,(H,15,16);2-5H,1H3,(H,11,12);2-5H,10H2,1H3;1H. The molecule has 90 heavy (non-hydrogen) atoms. The fraction of sp³-hybridized carbons (Fsp3) is 0.152. The number of rotatable bonds is 10. The van der Waals surface area contributed by atoms with Gasteiger partial charge < -0.3 is 25.4 Å². The van der Waals surface area contributed by atoms with Crippen LogP contribution in [0.3, 0.4) is 0 Å². The average molecular weight is 1360 g/mol. The highest BCUT2D eigenvalue weighted by Gasteiger charge is 2.22. The minimum absolute atomic E-state index is 0. The van der Waals surface area contributed by atoms with Crippen molar-refractivity contribution in [3.8, 4) is 0 Å². The van der Waals surface area contributed by atoms with Crippen LogP contribution >= 0.6 is 69.1 Å². The van der Waals surface area contributed by atoms with Crippen LogP contribution in [-0.2, 0) is 29.5 Å². The summed E-state index contributed by atoms with van der Waals surface area (Å²) in [4.78, 5) is 45.4. The zero-order valence-electron chi connectivity index (χ0n) is 50.0. The van der Waals surface area contributed by atoms with Crippen molar-refractivity contribution < 1.29 is 55.7 Å². The van der Waals surface area contributed by atoms with Gasteiger partial charge in [-0.2, -0.15) is 0 Å². The van der Waals surface area contributed by atoms with Crippen molar-refractivity contribution in [3.63, 3.8) is 0 Å². The first-order chi connectivity index (χ1) is 42.2. The van der Waals surface area contributed by atoms with Crippen LogP contribution in [0.1, 0.15) is 79.0 Å². The summed E-state index contributed by atoms with van der Waals surface area (Å²) in [5, 5.41) is 29.0. The van der Waals surface area contributed by atoms with Crippen LogP contribution in [0.4, 0.5) is 24.8 Å². The molecular formula is C66H63ClN4O12S7. The number of esters is 1. The number of benzene rings is 7. The maximum atomic E-state index is 12.6. The first-order valence-electron chi connectivity index (χ1n) is 27.1. The molecule has 0 bridgehead atoms. The Morgan fingerprint density at radius 2 is 0.778 bits per heavy atom. The second-order valence-corrected chi connectivity index (χ2v) is 29.4. The SMILES string of the molecule is COC(=O)c1ccc(S(=O)(=O)Nc2sc3ccccc3c2C)cc1.Cc1c(C(=O)O)sc2ccccc12.Cc1c(N)sc2ccccc12.Cc1c(NC(=O)OC(C)(C)C)sc2ccccc12.Cc1c(NS(=O)(=O)c2ccc(C(=O)O)cc2)sc2ccccc12.Cl. The summed E-state index contributed by atoms with van der Waals surface area (Å²) < 4.78 is 70.6. The van der Waals surface area contributed by atoms with E-state index in [4.69, 9.17) is 20.7 Å². The van der Waals surface area contributed by atoms with Gasteiger partial charge in [-0.05, 0) is 189 Å². The number of halogens is 1. The van der Waals surface area contributed by atoms with Gasteiger partial charge in [0.25, 0.3) is 20.0 Å². The number of amides is 1. The van der Waals surface area contributed by atoms with Crippen molar-refractivity contribution in [2.24, 2.45) is 0 Å². The molecule has 12 aromatic rings. The molecule has 0 aliphatic carbocycles. The third-order valence-corrected chi connectivity index (χ3v) is 22.4. The molecule has 12 rings (SSSR count). The summed E-state index contributed by atoms with van der Waals surface area (Å²) in [6, 6.07) is 50.3. The van der Waals surface area contributed by atoms with Gasteiger partial charge in [-0.25, -0.2) is 36.0 Å². The molecule has 5 aromatic heterocycles. The molecule has 468 valence electrons. The van der Waals surface area contributed by atoms with Gasteiger partial charge in [0.15, 0.2) is 0 Å². The van der Waals surface area contributed by atoms with E-state index in [0.717, 1.165) is 62.5 Å². The number of hydrogen-bond donors (Lipinski definition) is 6. The van der Waals surface area contributed by atoms with Gasteiger partial charge in [0.2, 0.25) is 0 Å². The van der Waals surface area contributed by atoms with Crippen LogP contribution < -0.4 is 20.5 Å². The zero-order chi connectivity index (χ0) is 64.5. The molecule has 0 aliphatic rings. The number of nitrogens with two attached hydrogens (primary N) is 1. The average Bonchev–Trinajstić information content (AvgIpc) is 1.74. The van der Waals surface area contributed by atoms with Crippen LogP contribution in [0.5, 0.6) is 0 Å². The first-order valence-corrected chi connectivity index (χ1v) is 34.2. The number of methoxy groups -OCH3 is 1. The molecule has 0 saturated carbocycles. The molecule has 0 unspecified atom stereocenters. The largest absolute Gasteiger partial charge is 0.478 e. The van der Waals surface area contributed by atoms with E-state index >= 15 is 0 Å². The van der Waals surface area contributed by atoms with Crippen molar-refractivity contribution in [1.82, 2.24) is 0 Å². The number of fused-ring (bicyclic) bond motifs is 5. The number of ether oxygens (including phenoxy) is 2. The number of nitrogens with one attached hydrogen (secondary N) is 3. The van der Waals surface area contributed by atoms with Gasteiger partial charge in [0, 0.05) is 23.5 Å². The highest BCUT2D eigenvalue weighted by Crippen LogP contribution is 2.39. The number of nitrogen functional groups attached to an aromatic ring is 1. The molecule has 0 atom stereocenters. The number of carboxylic acids is 2. The van der Waals surface area contributed by atoms with E-state index in [1.807, 2.05) is 152 Å². The van der Waals surface area contributed by atoms with E-state index in [1.165, 1.54) is 115 Å². The van der Waals surface area contributed by atoms with Crippen LogP contribution in [0.25, 0.3) is 50.4 Å². The molecule has 7 aromatic carbocycles. The van der Waals surface area contributed by atoms with Crippen LogP contribution in [0.2, 0.25) is 0 Å². The van der Waals surface area contributed by atoms with Gasteiger partial charge in [0.1, 0.15) is 25.5 Å². The van der Waals surface area contributed by atoms with E-state index in [2.05, 4.69) is 44.6 Å². The first kappa shape index (κ1) is 69.1. The smallest absolute Gasteiger partial charge is 0.412 e. The summed E-state index contributed by atoms with van der Waals surface area (Å²) in [7, 11) is -6.21. The van der Waals surface area contributed by atoms with Gasteiger partial charge in [0.05, 0.1) is 33.0 Å². The second-order valence-electron chi connectivity index (χ2n) is 20.8. The lowest BCUT2D eigenvalue weighted by Crippen LogP contribution is -2.27. The van der Waals surface area contributed by atoms with Gasteiger partial charge >= 0.3 is 24.0 Å². The van der Waals surface area contributed by atoms with Crippen molar-refractivity contribution >= 4 is 184 Å². The Bertz CT molecular complexity index is 4810. The number of aryl methyl sites for hydroxylation is 5. The third-order valence-electron chi connectivity index (χ3n) is 13.5. The third kappa shape index (κ3) is 16.7. The Kier molecular flexibility index (Phi) is 22.6. The van der Waals surface area contributed by atoms with Crippen LogP contribution in [0.15, 0.2) is 180 Å². The monoisotopic (exact) mass is 1360 g/mol. The fourth-order valence-electron chi connectivity index (χ4n) is 8.83. The molecule has 24 heteroatoms. The topological polar surface area (TPSA) is 258 Å². The van der Waals surface area contributed by atoms with Crippen molar-refractivity contribution in [1.29, 1.82) is 0 Å². The van der Waals surface area contributed by atoms with Gasteiger partial charge in [-0.15, -0.1) is 69.1 Å². The number of aromatic carboxylic acids is 2. The molecule has 7 N–H and O–H groups in total. The predicted octanol–water partition coefficient (Wildman–Crippen LogP) is 18.2. The Hall–Kier alpha value is -8.39. The fourth-order valence-corrected chi connectivity index (χ4v) is 16.9. The predicted molar refractivity (Wildman–Crippen MR) is 374 cm³/mol. The summed E-state index contributed by atoms with van der Waals surface area (Å²) in [5.41, 5.74) is 10.6. The molecule has 16 nitrogen and oxygen atoms in total. The summed E-state index contributed by atoms with van der Waals surface area (Å²) in [5.74, 6) is -2.44. The molecule has 0 spiro atoms. The maximum absolute atomic E-state index is 12.6. The Balaban J connectivity index is 0.000000164. The van der Waals surface area contributed by atoms with Gasteiger partial charge in [-0.1, -0.05) is 91.0 Å². The molecule has 0 aliphatic heterocycles. The molecule has 5 heterocycles. The van der Waals surface area contributed by atoms with E-state index in [1.54, 1.807) is 22.7 Å². The maximum Gasteiger partial charge on any atom is 0.412 e. The number of anilines is 4. The van der Waals surface area contributed by atoms with E-state index in [-0.39, 0.29) is 27.8 Å². The number of carboxylic acid groups (broad SMARTS) is 2. The number of carbonyl (C=O) groups is 4.